The Hall–Kier alpha value is -3.86. The molecule has 154 valence electrons. The maximum Gasteiger partial charge on any atom is 0.266 e. The minimum atomic E-state index is -0.541. The van der Waals surface area contributed by atoms with Crippen LogP contribution in [0.25, 0.3) is 6.08 Å². The highest BCUT2D eigenvalue weighted by atomic mass is 16.5. The Bertz CT molecular complexity index is 976. The zero-order valence-corrected chi connectivity index (χ0v) is 16.6. The lowest BCUT2D eigenvalue weighted by Gasteiger charge is -2.16. The number of aromatic nitrogens is 1. The van der Waals surface area contributed by atoms with Crippen molar-refractivity contribution < 1.29 is 19.1 Å². The molecule has 1 saturated heterocycles. The van der Waals surface area contributed by atoms with Gasteiger partial charge >= 0.3 is 0 Å². The number of pyridine rings is 1. The molecule has 0 spiro atoms. The van der Waals surface area contributed by atoms with Gasteiger partial charge in [-0.1, -0.05) is 6.07 Å². The van der Waals surface area contributed by atoms with Gasteiger partial charge in [0.05, 0.1) is 19.0 Å². The lowest BCUT2D eigenvalue weighted by molar-refractivity contribution is -0.132. The average Bonchev–Trinajstić information content (AvgIpc) is 3.31. The summed E-state index contributed by atoms with van der Waals surface area (Å²) in [4.78, 5) is 30.2. The Morgan fingerprint density at radius 1 is 1.27 bits per heavy atom. The summed E-state index contributed by atoms with van der Waals surface area (Å²) in [5.74, 6) is 0.224. The van der Waals surface area contributed by atoms with Crippen molar-refractivity contribution in [1.82, 2.24) is 9.88 Å². The van der Waals surface area contributed by atoms with E-state index in [1.54, 1.807) is 41.4 Å². The van der Waals surface area contributed by atoms with Gasteiger partial charge in [0.2, 0.25) is 0 Å². The first-order valence-corrected chi connectivity index (χ1v) is 9.52. The Morgan fingerprint density at radius 3 is 2.73 bits per heavy atom. The third-order valence-electron chi connectivity index (χ3n) is 4.59. The van der Waals surface area contributed by atoms with E-state index in [-0.39, 0.29) is 18.1 Å². The van der Waals surface area contributed by atoms with Gasteiger partial charge in [-0.15, -0.1) is 0 Å². The van der Waals surface area contributed by atoms with Crippen LogP contribution < -0.4 is 14.8 Å². The van der Waals surface area contributed by atoms with Crippen LogP contribution in [-0.2, 0) is 9.59 Å². The monoisotopic (exact) mass is 406 g/mol. The molecule has 0 unspecified atom stereocenters. The summed E-state index contributed by atoms with van der Waals surface area (Å²) in [5, 5.41) is 12.0. The first-order valence-electron chi connectivity index (χ1n) is 9.52. The topological polar surface area (TPSA) is 105 Å². The van der Waals surface area contributed by atoms with Gasteiger partial charge < -0.3 is 19.7 Å². The molecule has 0 aliphatic carbocycles. The van der Waals surface area contributed by atoms with Crippen LogP contribution in [0.1, 0.15) is 18.4 Å². The van der Waals surface area contributed by atoms with E-state index in [2.05, 4.69) is 10.3 Å². The van der Waals surface area contributed by atoms with Crippen LogP contribution in [0, 0.1) is 11.3 Å². The molecule has 2 heterocycles. The van der Waals surface area contributed by atoms with Crippen molar-refractivity contribution in [3.8, 4) is 17.6 Å². The lowest BCUT2D eigenvalue weighted by atomic mass is 10.1. The van der Waals surface area contributed by atoms with Gasteiger partial charge in [-0.2, -0.15) is 5.26 Å². The third-order valence-corrected chi connectivity index (χ3v) is 4.59. The molecule has 1 aromatic carbocycles. The van der Waals surface area contributed by atoms with Gasteiger partial charge in [0.15, 0.2) is 18.1 Å². The fourth-order valence-electron chi connectivity index (χ4n) is 3.04. The predicted molar refractivity (Wildman–Crippen MR) is 111 cm³/mol. The second-order valence-corrected chi connectivity index (χ2v) is 6.65. The number of nitrogens with zero attached hydrogens (tertiary/aromatic N) is 3. The molecule has 0 saturated carbocycles. The summed E-state index contributed by atoms with van der Waals surface area (Å²) in [6.07, 6.45) is 6.57. The fourth-order valence-corrected chi connectivity index (χ4v) is 3.04. The van der Waals surface area contributed by atoms with Crippen LogP contribution in [0.4, 0.5) is 5.69 Å². The van der Waals surface area contributed by atoms with Gasteiger partial charge in [0.25, 0.3) is 11.8 Å². The van der Waals surface area contributed by atoms with Crippen molar-refractivity contribution in [2.24, 2.45) is 0 Å². The first kappa shape index (κ1) is 20.9. The average molecular weight is 406 g/mol. The number of hydrogen-bond acceptors (Lipinski definition) is 6. The van der Waals surface area contributed by atoms with E-state index in [0.717, 1.165) is 25.9 Å². The van der Waals surface area contributed by atoms with Crippen molar-refractivity contribution in [3.05, 3.63) is 53.9 Å². The zero-order valence-electron chi connectivity index (χ0n) is 16.6. The second-order valence-electron chi connectivity index (χ2n) is 6.65. The number of benzene rings is 1. The molecule has 8 nitrogen and oxygen atoms in total. The number of likely N-dealkylation sites (tertiary alicyclic amines) is 1. The van der Waals surface area contributed by atoms with Crippen LogP contribution in [0.15, 0.2) is 48.3 Å². The Morgan fingerprint density at radius 2 is 2.07 bits per heavy atom. The largest absolute Gasteiger partial charge is 0.493 e. The first-order chi connectivity index (χ1) is 14.6. The predicted octanol–water partition coefficient (Wildman–Crippen LogP) is 2.64. The number of amides is 2. The summed E-state index contributed by atoms with van der Waals surface area (Å²) < 4.78 is 11.0. The quantitative estimate of drug-likeness (QED) is 0.560. The molecule has 1 fully saturated rings. The number of nitriles is 1. The van der Waals surface area contributed by atoms with Crippen LogP contribution >= 0.6 is 0 Å². The Labute approximate surface area is 174 Å². The van der Waals surface area contributed by atoms with Crippen molar-refractivity contribution in [1.29, 1.82) is 5.26 Å². The third kappa shape index (κ3) is 5.35. The standard InChI is InChI=1S/C22H22N4O4/c1-29-20-12-16(6-7-19(20)30-15-21(27)26-9-2-3-10-26)11-17(13-23)22(28)25-18-5-4-8-24-14-18/h4-8,11-12,14H,2-3,9-10,15H2,1H3,(H,25,28)/b17-11+. The van der Waals surface area contributed by atoms with Gasteiger partial charge in [-0.3, -0.25) is 14.6 Å². The molecule has 1 N–H and O–H groups in total. The zero-order chi connectivity index (χ0) is 21.3. The van der Waals surface area contributed by atoms with Crippen LogP contribution in [0.5, 0.6) is 11.5 Å². The smallest absolute Gasteiger partial charge is 0.266 e. The molecule has 1 aliphatic rings. The highest BCUT2D eigenvalue weighted by Gasteiger charge is 2.19. The molecule has 0 atom stereocenters. The summed E-state index contributed by atoms with van der Waals surface area (Å²) in [7, 11) is 1.48. The summed E-state index contributed by atoms with van der Waals surface area (Å²) in [6, 6.07) is 10.2. The van der Waals surface area contributed by atoms with E-state index < -0.39 is 5.91 Å². The van der Waals surface area contributed by atoms with Gasteiger partial charge in [-0.25, -0.2) is 0 Å². The van der Waals surface area contributed by atoms with Crippen molar-refractivity contribution in [3.63, 3.8) is 0 Å². The molecular formula is C22H22N4O4. The molecule has 8 heteroatoms. The van der Waals surface area contributed by atoms with Crippen LogP contribution in [0.2, 0.25) is 0 Å². The van der Waals surface area contributed by atoms with Gasteiger partial charge in [0, 0.05) is 19.3 Å². The van der Waals surface area contributed by atoms with Crippen molar-refractivity contribution in [2.45, 2.75) is 12.8 Å². The molecule has 0 radical (unpaired) electrons. The highest BCUT2D eigenvalue weighted by molar-refractivity contribution is 6.09. The van der Waals surface area contributed by atoms with Crippen molar-refractivity contribution in [2.75, 3.05) is 32.1 Å². The number of rotatable bonds is 7. The molecule has 30 heavy (non-hydrogen) atoms. The second kappa shape index (κ2) is 10.1. The number of carbonyl (C=O) groups is 2. The van der Waals surface area contributed by atoms with Crippen LogP contribution in [-0.4, -0.2) is 48.5 Å². The molecule has 2 aromatic rings. The SMILES string of the molecule is COc1cc(/C=C(\C#N)C(=O)Nc2cccnc2)ccc1OCC(=O)N1CCCC1. The number of ether oxygens (including phenoxy) is 2. The molecule has 1 aliphatic heterocycles. The highest BCUT2D eigenvalue weighted by Crippen LogP contribution is 2.29. The molecule has 2 amide bonds. The normalized spacial score (nSPS) is 13.5. The lowest BCUT2D eigenvalue weighted by Crippen LogP contribution is -2.32. The number of nitrogens with one attached hydrogen (secondary N) is 1. The number of hydrogen-bond donors (Lipinski definition) is 1. The molecule has 1 aromatic heterocycles. The van der Waals surface area contributed by atoms with Gasteiger partial charge in [0.1, 0.15) is 11.6 Å². The summed E-state index contributed by atoms with van der Waals surface area (Å²) in [6.45, 7) is 1.46. The Kier molecular flexibility index (Phi) is 7.00. The van der Waals surface area contributed by atoms with E-state index in [1.807, 2.05) is 6.07 Å². The van der Waals surface area contributed by atoms with E-state index in [4.69, 9.17) is 9.47 Å². The Balaban J connectivity index is 1.70. The van der Waals surface area contributed by atoms with Crippen LogP contribution in [0.3, 0.4) is 0 Å². The number of carbonyl (C=O) groups excluding carboxylic acids is 2. The fraction of sp³-hybridized carbons (Fsp3) is 0.273. The van der Waals surface area contributed by atoms with E-state index >= 15 is 0 Å². The minimum Gasteiger partial charge on any atom is -0.493 e. The van der Waals surface area contributed by atoms with Crippen molar-refractivity contribution >= 4 is 23.6 Å². The maximum atomic E-state index is 12.3. The van der Waals surface area contributed by atoms with E-state index in [1.165, 1.54) is 19.4 Å². The number of methoxy groups -OCH3 is 1. The van der Waals surface area contributed by atoms with E-state index in [0.29, 0.717) is 22.7 Å². The molecule has 3 rings (SSSR count). The van der Waals surface area contributed by atoms with E-state index in [9.17, 15) is 14.9 Å². The molecule has 0 bridgehead atoms. The summed E-state index contributed by atoms with van der Waals surface area (Å²) in [5.41, 5.74) is 1.01. The number of anilines is 1. The molecular weight excluding hydrogens is 384 g/mol. The maximum absolute atomic E-state index is 12.3. The van der Waals surface area contributed by atoms with Gasteiger partial charge in [-0.05, 0) is 48.7 Å². The minimum absolute atomic E-state index is 0.0580. The summed E-state index contributed by atoms with van der Waals surface area (Å²) >= 11 is 0.